The zero-order valence-corrected chi connectivity index (χ0v) is 33.7. The van der Waals surface area contributed by atoms with Gasteiger partial charge in [-0.15, -0.1) is 0 Å². The minimum absolute atomic E-state index is 0.0897. The maximum Gasteiger partial charge on any atom is 0.408 e. The number of nitrogens with zero attached hydrogens (tertiary/aromatic N) is 2. The number of nitrogens with one attached hydrogen (secondary N) is 1. The van der Waals surface area contributed by atoms with Gasteiger partial charge in [0.25, 0.3) is 6.47 Å². The molecule has 3 saturated heterocycles. The molecule has 8 rings (SSSR count). The van der Waals surface area contributed by atoms with E-state index >= 15 is 0 Å². The second-order valence-corrected chi connectivity index (χ2v) is 14.8. The summed E-state index contributed by atoms with van der Waals surface area (Å²) >= 11 is 13.0. The van der Waals surface area contributed by atoms with Crippen molar-refractivity contribution in [2.75, 3.05) is 33.9 Å². The summed E-state index contributed by atoms with van der Waals surface area (Å²) in [5.74, 6) is -0.170. The molecule has 0 unspecified atom stereocenters. The summed E-state index contributed by atoms with van der Waals surface area (Å²) in [5.41, 5.74) is 3.17. The Morgan fingerprint density at radius 2 is 1.58 bits per heavy atom. The van der Waals surface area contributed by atoms with Gasteiger partial charge in [0.15, 0.2) is 23.9 Å². The lowest BCUT2D eigenvalue weighted by atomic mass is 9.85. The van der Waals surface area contributed by atoms with Crippen LogP contribution in [0.4, 0.5) is 4.79 Å². The van der Waals surface area contributed by atoms with Crippen LogP contribution in [0.5, 0.6) is 17.2 Å². The highest BCUT2D eigenvalue weighted by atomic mass is 35.5. The van der Waals surface area contributed by atoms with Crippen LogP contribution < -0.4 is 24.3 Å². The molecule has 2 bridgehead atoms. The van der Waals surface area contributed by atoms with Gasteiger partial charge in [-0.3, -0.25) is 9.69 Å². The van der Waals surface area contributed by atoms with Gasteiger partial charge in [0, 0.05) is 23.6 Å². The molecule has 3 aliphatic heterocycles. The van der Waals surface area contributed by atoms with Gasteiger partial charge in [-0.05, 0) is 85.3 Å². The molecule has 14 nitrogen and oxygen atoms in total. The Morgan fingerprint density at radius 1 is 0.949 bits per heavy atom. The normalized spacial score (nSPS) is 17.7. The third-order valence-electron chi connectivity index (χ3n) is 10.5. The van der Waals surface area contributed by atoms with Gasteiger partial charge in [-0.1, -0.05) is 71.7 Å². The maximum absolute atomic E-state index is 13.2. The van der Waals surface area contributed by atoms with E-state index in [9.17, 15) is 19.9 Å². The van der Waals surface area contributed by atoms with E-state index in [2.05, 4.69) is 10.2 Å². The van der Waals surface area contributed by atoms with Gasteiger partial charge in [0.05, 0.1) is 20.3 Å². The number of aromatic carboxylic acids is 1. The molecule has 0 radical (unpaired) electrons. The number of methoxy groups -OCH3 is 2. The first-order chi connectivity index (χ1) is 28.5. The Hall–Kier alpha value is -5.96. The average Bonchev–Trinajstić information content (AvgIpc) is 3.67. The number of carbonyl (C=O) groups is 3. The monoisotopic (exact) mass is 847 g/mol. The topological polar surface area (TPSA) is 184 Å². The van der Waals surface area contributed by atoms with Crippen molar-refractivity contribution < 1.29 is 52.7 Å². The second kappa shape index (κ2) is 19.7. The summed E-state index contributed by atoms with van der Waals surface area (Å²) in [4.78, 5) is 36.6. The highest BCUT2D eigenvalue weighted by molar-refractivity contribution is 6.35. The van der Waals surface area contributed by atoms with Crippen molar-refractivity contribution in [3.8, 4) is 17.2 Å². The van der Waals surface area contributed by atoms with Gasteiger partial charge >= 0.3 is 12.1 Å². The number of rotatable bonds is 14. The number of hydrogen-bond donors (Lipinski definition) is 3. The molecule has 3 fully saturated rings. The van der Waals surface area contributed by atoms with E-state index in [1.54, 1.807) is 36.4 Å². The number of pyridine rings is 1. The number of alkyl carbamates (subject to hydrolysis) is 1. The number of carboxylic acids is 1. The highest BCUT2D eigenvalue weighted by Crippen LogP contribution is 2.40. The van der Waals surface area contributed by atoms with E-state index in [1.807, 2.05) is 42.5 Å². The standard InChI is InChI=1S/C42H41Cl2N3O9.CH2O2/c1-52-36-13-10-28(18-37(36)53-2)31(20-33-34(43)21-47(51)22-35(33)44)32-19-30(55-40(32)41(48)49)24-54-29-11-8-27(9-12-29)39(26-6-4-3-5-7-26)45-42(50)56-38-23-46-16-14-25(38)15-17-46;2-1-3/h3-13,18-19,21-22,25,31,38-39H,14-17,20,23-24H2,1-2H3,(H,45,50)(H,48,49);1H,(H,2,3)/t31-,38-,39+;/m0./s1. The molecule has 2 aromatic heterocycles. The van der Waals surface area contributed by atoms with E-state index in [0.29, 0.717) is 44.6 Å². The fourth-order valence-electron chi connectivity index (χ4n) is 7.61. The first-order valence-corrected chi connectivity index (χ1v) is 19.5. The largest absolute Gasteiger partial charge is 0.619 e. The predicted octanol–water partition coefficient (Wildman–Crippen LogP) is 7.50. The minimum Gasteiger partial charge on any atom is -0.619 e. The third kappa shape index (κ3) is 10.4. The zero-order chi connectivity index (χ0) is 42.1. The van der Waals surface area contributed by atoms with Crippen LogP contribution in [0.2, 0.25) is 10.0 Å². The molecule has 3 N–H and O–H groups in total. The smallest absolute Gasteiger partial charge is 0.408 e. The number of amides is 1. The van der Waals surface area contributed by atoms with Gasteiger partial charge in [-0.25, -0.2) is 9.59 Å². The lowest BCUT2D eigenvalue weighted by Gasteiger charge is -2.43. The molecule has 5 aromatic rings. The fourth-order valence-corrected chi connectivity index (χ4v) is 8.21. The summed E-state index contributed by atoms with van der Waals surface area (Å²) in [6.45, 7) is 2.53. The predicted molar refractivity (Wildman–Crippen MR) is 217 cm³/mol. The maximum atomic E-state index is 13.2. The molecular weight excluding hydrogens is 805 g/mol. The highest BCUT2D eigenvalue weighted by Gasteiger charge is 2.37. The Morgan fingerprint density at radius 3 is 2.17 bits per heavy atom. The van der Waals surface area contributed by atoms with E-state index < -0.39 is 24.0 Å². The van der Waals surface area contributed by atoms with Crippen molar-refractivity contribution in [2.45, 2.75) is 43.9 Å². The van der Waals surface area contributed by atoms with E-state index in [1.165, 1.54) is 26.6 Å². The molecule has 5 heterocycles. The second-order valence-electron chi connectivity index (χ2n) is 14.0. The quantitative estimate of drug-likeness (QED) is 0.0569. The number of furan rings is 1. The van der Waals surface area contributed by atoms with Crippen molar-refractivity contribution >= 4 is 41.7 Å². The molecule has 59 heavy (non-hydrogen) atoms. The van der Waals surface area contributed by atoms with Crippen molar-refractivity contribution in [3.05, 3.63) is 146 Å². The molecule has 310 valence electrons. The van der Waals surface area contributed by atoms with Crippen molar-refractivity contribution in [1.29, 1.82) is 0 Å². The van der Waals surface area contributed by atoms with Gasteiger partial charge in [0.1, 0.15) is 34.3 Å². The van der Waals surface area contributed by atoms with Gasteiger partial charge in [-0.2, -0.15) is 4.73 Å². The molecule has 3 aliphatic rings. The number of fused-ring (bicyclic) bond motifs is 3. The number of carboxylic acid groups (broad SMARTS) is 2. The number of halogens is 2. The summed E-state index contributed by atoms with van der Waals surface area (Å²) < 4.78 is 29.4. The number of ether oxygens (including phenoxy) is 4. The van der Waals surface area contributed by atoms with E-state index in [0.717, 1.165) is 43.6 Å². The summed E-state index contributed by atoms with van der Waals surface area (Å²) in [7, 11) is 3.02. The molecule has 0 saturated carbocycles. The van der Waals surface area contributed by atoms with Crippen molar-refractivity contribution in [2.24, 2.45) is 5.92 Å². The summed E-state index contributed by atoms with van der Waals surface area (Å²) in [5, 5.41) is 32.5. The van der Waals surface area contributed by atoms with Gasteiger partial charge in [0.2, 0.25) is 5.76 Å². The number of aromatic nitrogens is 1. The first kappa shape index (κ1) is 42.6. The minimum atomic E-state index is -1.28. The van der Waals surface area contributed by atoms with Crippen LogP contribution in [-0.2, 0) is 22.6 Å². The number of piperidine rings is 3. The van der Waals surface area contributed by atoms with Crippen LogP contribution in [0.1, 0.15) is 68.9 Å². The lowest BCUT2D eigenvalue weighted by Crippen LogP contribution is -2.52. The Labute approximate surface area is 350 Å². The van der Waals surface area contributed by atoms with Crippen molar-refractivity contribution in [3.63, 3.8) is 0 Å². The average molecular weight is 849 g/mol. The van der Waals surface area contributed by atoms with Crippen LogP contribution in [0.15, 0.2) is 95.7 Å². The van der Waals surface area contributed by atoms with Crippen molar-refractivity contribution in [1.82, 2.24) is 10.2 Å². The Bertz CT molecular complexity index is 2210. The third-order valence-corrected chi connectivity index (χ3v) is 11.2. The molecule has 3 aromatic carbocycles. The summed E-state index contributed by atoms with van der Waals surface area (Å²) in [6, 6.07) is 23.4. The Balaban J connectivity index is 0.00000189. The number of hydrogen-bond acceptors (Lipinski definition) is 10. The lowest BCUT2D eigenvalue weighted by molar-refractivity contribution is -0.605. The van der Waals surface area contributed by atoms with Crippen LogP contribution >= 0.6 is 23.2 Å². The SMILES string of the molecule is COc1ccc([C@H](Cc2c(Cl)c[n+]([O-])cc2Cl)c2cc(COc3ccc([C@H](NC(=O)O[C@H]4CN5CCC4CC5)c4ccccc4)cc3)oc2C(=O)O)cc1OC.O=CO. The van der Waals surface area contributed by atoms with E-state index in [-0.39, 0.29) is 47.2 Å². The molecule has 1 amide bonds. The molecular formula is C43H43Cl2N3O11. The first-order valence-electron chi connectivity index (χ1n) is 18.7. The van der Waals surface area contributed by atoms with Crippen LogP contribution in [0, 0.1) is 11.1 Å². The van der Waals surface area contributed by atoms with Crippen LogP contribution in [-0.4, -0.2) is 73.6 Å². The zero-order valence-electron chi connectivity index (χ0n) is 32.2. The molecule has 3 atom stereocenters. The van der Waals surface area contributed by atoms with Crippen LogP contribution in [0.3, 0.4) is 0 Å². The Kier molecular flexibility index (Phi) is 14.2. The summed E-state index contributed by atoms with van der Waals surface area (Å²) in [6.07, 6.45) is 4.00. The van der Waals surface area contributed by atoms with Crippen LogP contribution in [0.25, 0.3) is 0 Å². The molecule has 0 spiro atoms. The fraction of sp³-hybridized carbons (Fsp3) is 0.302. The van der Waals surface area contributed by atoms with Gasteiger partial charge < -0.3 is 44.1 Å². The molecule has 0 aliphatic carbocycles. The molecule has 16 heteroatoms. The number of carbonyl (C=O) groups excluding carboxylic acids is 1. The number of benzene rings is 3. The van der Waals surface area contributed by atoms with E-state index in [4.69, 9.17) is 56.5 Å².